The van der Waals surface area contributed by atoms with E-state index in [0.29, 0.717) is 30.2 Å². The zero-order chi connectivity index (χ0) is 14.7. The summed E-state index contributed by atoms with van der Waals surface area (Å²) in [6.45, 7) is 0.700. The van der Waals surface area contributed by atoms with E-state index >= 15 is 0 Å². The van der Waals surface area contributed by atoms with Crippen LogP contribution >= 0.6 is 0 Å². The highest BCUT2D eigenvalue weighted by Gasteiger charge is 2.21. The van der Waals surface area contributed by atoms with Crippen molar-refractivity contribution in [2.75, 3.05) is 13.2 Å². The van der Waals surface area contributed by atoms with Crippen LogP contribution in [0, 0.1) is 5.82 Å². The van der Waals surface area contributed by atoms with Crippen molar-refractivity contribution in [3.63, 3.8) is 0 Å². The highest BCUT2D eigenvalue weighted by Crippen LogP contribution is 2.30. The minimum atomic E-state index is -0.368. The fourth-order valence-corrected chi connectivity index (χ4v) is 2.07. The van der Waals surface area contributed by atoms with Gasteiger partial charge in [0.1, 0.15) is 18.5 Å². The summed E-state index contributed by atoms with van der Waals surface area (Å²) in [6.07, 6.45) is -0.246. The number of fused-ring (bicyclic) bond motifs is 1. The van der Waals surface area contributed by atoms with Crippen LogP contribution in [0.3, 0.4) is 0 Å². The Bertz CT molecular complexity index is 642. The van der Waals surface area contributed by atoms with Crippen LogP contribution in [0.5, 0.6) is 11.5 Å². The summed E-state index contributed by atoms with van der Waals surface area (Å²) in [5.41, 5.74) is 0.411. The van der Waals surface area contributed by atoms with Gasteiger partial charge < -0.3 is 14.8 Å². The zero-order valence-corrected chi connectivity index (χ0v) is 11.2. The standard InChI is InChI=1S/C16H14FNO3/c17-12-7-5-11(6-8-12)16(19)18-9-13-10-20-14-3-1-2-4-15(14)21-13/h1-8,13H,9-10H2,(H,18,19). The molecule has 0 saturated carbocycles. The van der Waals surface area contributed by atoms with Gasteiger partial charge in [-0.15, -0.1) is 0 Å². The number of hydrogen-bond acceptors (Lipinski definition) is 3. The fourth-order valence-electron chi connectivity index (χ4n) is 2.07. The van der Waals surface area contributed by atoms with E-state index in [1.165, 1.54) is 24.3 Å². The van der Waals surface area contributed by atoms with Crippen molar-refractivity contribution < 1.29 is 18.7 Å². The van der Waals surface area contributed by atoms with Crippen molar-refractivity contribution in [3.05, 3.63) is 59.9 Å². The predicted octanol–water partition coefficient (Wildman–Crippen LogP) is 2.40. The third-order valence-electron chi connectivity index (χ3n) is 3.16. The average molecular weight is 287 g/mol. The van der Waals surface area contributed by atoms with Crippen LogP contribution < -0.4 is 14.8 Å². The molecule has 2 aromatic carbocycles. The summed E-state index contributed by atoms with van der Waals surface area (Å²) in [7, 11) is 0. The molecule has 1 aliphatic rings. The van der Waals surface area contributed by atoms with Crippen LogP contribution in [-0.4, -0.2) is 25.2 Å². The molecule has 0 fully saturated rings. The van der Waals surface area contributed by atoms with Crippen LogP contribution in [0.2, 0.25) is 0 Å². The lowest BCUT2D eigenvalue weighted by Gasteiger charge is -2.26. The first-order chi connectivity index (χ1) is 10.2. The van der Waals surface area contributed by atoms with Gasteiger partial charge in [0, 0.05) is 5.56 Å². The molecule has 0 saturated heterocycles. The summed E-state index contributed by atoms with van der Waals surface area (Å²) in [5.74, 6) is 0.744. The maximum atomic E-state index is 12.8. The number of benzene rings is 2. The largest absolute Gasteiger partial charge is 0.486 e. The molecule has 4 nitrogen and oxygen atoms in total. The van der Waals surface area contributed by atoms with Crippen molar-refractivity contribution in [3.8, 4) is 11.5 Å². The maximum Gasteiger partial charge on any atom is 0.251 e. The van der Waals surface area contributed by atoms with Gasteiger partial charge in [-0.3, -0.25) is 4.79 Å². The Morgan fingerprint density at radius 2 is 1.86 bits per heavy atom. The van der Waals surface area contributed by atoms with Gasteiger partial charge in [0.15, 0.2) is 11.5 Å². The summed E-state index contributed by atoms with van der Waals surface area (Å²) >= 11 is 0. The number of hydrogen-bond donors (Lipinski definition) is 1. The Hall–Kier alpha value is -2.56. The van der Waals surface area contributed by atoms with Crippen molar-refractivity contribution in [1.82, 2.24) is 5.32 Å². The Morgan fingerprint density at radius 3 is 2.62 bits per heavy atom. The third-order valence-corrected chi connectivity index (χ3v) is 3.16. The second-order valence-electron chi connectivity index (χ2n) is 4.71. The Balaban J connectivity index is 1.56. The molecule has 108 valence electrons. The molecule has 0 bridgehead atoms. The predicted molar refractivity (Wildman–Crippen MR) is 75.1 cm³/mol. The van der Waals surface area contributed by atoms with E-state index in [-0.39, 0.29) is 17.8 Å². The van der Waals surface area contributed by atoms with Crippen LogP contribution in [-0.2, 0) is 0 Å². The molecule has 3 rings (SSSR count). The van der Waals surface area contributed by atoms with Gasteiger partial charge in [-0.25, -0.2) is 4.39 Å². The molecule has 21 heavy (non-hydrogen) atoms. The van der Waals surface area contributed by atoms with Gasteiger partial charge in [-0.1, -0.05) is 12.1 Å². The number of para-hydroxylation sites is 2. The monoisotopic (exact) mass is 287 g/mol. The van der Waals surface area contributed by atoms with Crippen molar-refractivity contribution in [1.29, 1.82) is 0 Å². The molecular formula is C16H14FNO3. The summed E-state index contributed by atoms with van der Waals surface area (Å²) in [6, 6.07) is 12.8. The number of halogens is 1. The molecule has 1 aliphatic heterocycles. The number of carbonyl (C=O) groups is 1. The second kappa shape index (κ2) is 5.83. The van der Waals surface area contributed by atoms with E-state index in [1.54, 1.807) is 0 Å². The van der Waals surface area contributed by atoms with Gasteiger partial charge in [0.25, 0.3) is 5.91 Å². The number of nitrogens with one attached hydrogen (secondary N) is 1. The van der Waals surface area contributed by atoms with E-state index < -0.39 is 0 Å². The fraction of sp³-hybridized carbons (Fsp3) is 0.188. The van der Waals surface area contributed by atoms with Gasteiger partial charge in [-0.05, 0) is 36.4 Å². The Morgan fingerprint density at radius 1 is 1.14 bits per heavy atom. The Labute approximate surface area is 121 Å². The van der Waals surface area contributed by atoms with Crippen molar-refractivity contribution in [2.45, 2.75) is 6.10 Å². The number of rotatable bonds is 3. The third kappa shape index (κ3) is 3.13. The SMILES string of the molecule is O=C(NCC1COc2ccccc2O1)c1ccc(F)cc1. The molecule has 2 aromatic rings. The second-order valence-corrected chi connectivity index (χ2v) is 4.71. The topological polar surface area (TPSA) is 47.6 Å². The zero-order valence-electron chi connectivity index (χ0n) is 11.2. The molecule has 0 aromatic heterocycles. The lowest BCUT2D eigenvalue weighted by molar-refractivity contribution is 0.0789. The maximum absolute atomic E-state index is 12.8. The first kappa shape index (κ1) is 13.4. The molecule has 1 heterocycles. The molecule has 1 amide bonds. The molecule has 0 aliphatic carbocycles. The first-order valence-corrected chi connectivity index (χ1v) is 6.64. The van der Waals surface area contributed by atoms with E-state index in [2.05, 4.69) is 5.32 Å². The normalized spacial score (nSPS) is 16.3. The van der Waals surface area contributed by atoms with Crippen LogP contribution in [0.4, 0.5) is 4.39 Å². The molecule has 1 N–H and O–H groups in total. The van der Waals surface area contributed by atoms with Gasteiger partial charge in [0.2, 0.25) is 0 Å². The van der Waals surface area contributed by atoms with Crippen molar-refractivity contribution in [2.24, 2.45) is 0 Å². The molecule has 1 unspecified atom stereocenters. The smallest absolute Gasteiger partial charge is 0.251 e. The lowest BCUT2D eigenvalue weighted by atomic mass is 10.2. The first-order valence-electron chi connectivity index (χ1n) is 6.64. The quantitative estimate of drug-likeness (QED) is 0.943. The molecule has 5 heteroatoms. The molecule has 0 radical (unpaired) electrons. The highest BCUT2D eigenvalue weighted by molar-refractivity contribution is 5.94. The highest BCUT2D eigenvalue weighted by atomic mass is 19.1. The summed E-state index contributed by atoms with van der Waals surface area (Å²) < 4.78 is 24.1. The van der Waals surface area contributed by atoms with E-state index in [4.69, 9.17) is 9.47 Å². The van der Waals surface area contributed by atoms with Crippen LogP contribution in [0.15, 0.2) is 48.5 Å². The molecule has 1 atom stereocenters. The molecule has 0 spiro atoms. The Kier molecular flexibility index (Phi) is 3.73. The molecular weight excluding hydrogens is 273 g/mol. The van der Waals surface area contributed by atoms with Gasteiger partial charge in [-0.2, -0.15) is 0 Å². The minimum absolute atomic E-state index is 0.246. The van der Waals surface area contributed by atoms with Crippen LogP contribution in [0.1, 0.15) is 10.4 Å². The van der Waals surface area contributed by atoms with E-state index in [9.17, 15) is 9.18 Å². The van der Waals surface area contributed by atoms with E-state index in [1.807, 2.05) is 24.3 Å². The average Bonchev–Trinajstić information content (AvgIpc) is 2.53. The van der Waals surface area contributed by atoms with Gasteiger partial charge in [0.05, 0.1) is 6.54 Å². The number of ether oxygens (including phenoxy) is 2. The number of carbonyl (C=O) groups excluding carboxylic acids is 1. The van der Waals surface area contributed by atoms with E-state index in [0.717, 1.165) is 0 Å². The number of amides is 1. The van der Waals surface area contributed by atoms with Crippen molar-refractivity contribution >= 4 is 5.91 Å². The van der Waals surface area contributed by atoms with Crippen LogP contribution in [0.25, 0.3) is 0 Å². The lowest BCUT2D eigenvalue weighted by Crippen LogP contribution is -2.40. The summed E-state index contributed by atoms with van der Waals surface area (Å²) in [5, 5.41) is 2.75. The summed E-state index contributed by atoms with van der Waals surface area (Å²) in [4.78, 5) is 11.9. The van der Waals surface area contributed by atoms with Gasteiger partial charge >= 0.3 is 0 Å². The minimum Gasteiger partial charge on any atom is -0.486 e.